The van der Waals surface area contributed by atoms with E-state index >= 15 is 0 Å². The standard InChI is InChI=1S/C12H17BrN2/c1-10-4-2-6-12(14-10)9-15-7-3-5-11(13)8-15/h2,4,6,11H,3,5,7-9H2,1H3. The smallest absolute Gasteiger partial charge is 0.0547 e. The Morgan fingerprint density at radius 1 is 1.53 bits per heavy atom. The van der Waals surface area contributed by atoms with Crippen LogP contribution in [0.2, 0.25) is 0 Å². The van der Waals surface area contributed by atoms with Crippen molar-refractivity contribution >= 4 is 15.9 Å². The second-order valence-corrected chi connectivity index (χ2v) is 5.54. The SMILES string of the molecule is Cc1cccc(CN2CCCC(Br)C2)n1. The van der Waals surface area contributed by atoms with Crippen LogP contribution in [0.1, 0.15) is 24.2 Å². The van der Waals surface area contributed by atoms with Crippen molar-refractivity contribution in [1.82, 2.24) is 9.88 Å². The Balaban J connectivity index is 1.96. The highest BCUT2D eigenvalue weighted by molar-refractivity contribution is 9.09. The zero-order valence-corrected chi connectivity index (χ0v) is 10.7. The maximum absolute atomic E-state index is 4.54. The van der Waals surface area contributed by atoms with Crippen molar-refractivity contribution in [3.05, 3.63) is 29.6 Å². The third kappa shape index (κ3) is 3.28. The van der Waals surface area contributed by atoms with Gasteiger partial charge in [-0.3, -0.25) is 9.88 Å². The molecule has 0 amide bonds. The van der Waals surface area contributed by atoms with Gasteiger partial charge >= 0.3 is 0 Å². The molecular weight excluding hydrogens is 252 g/mol. The molecule has 0 spiro atoms. The summed E-state index contributed by atoms with van der Waals surface area (Å²) in [6, 6.07) is 6.26. The van der Waals surface area contributed by atoms with Crippen molar-refractivity contribution in [1.29, 1.82) is 0 Å². The number of aryl methyl sites for hydroxylation is 1. The molecule has 1 atom stereocenters. The number of halogens is 1. The number of nitrogens with zero attached hydrogens (tertiary/aromatic N) is 2. The molecule has 1 fully saturated rings. The van der Waals surface area contributed by atoms with Crippen LogP contribution in [0.5, 0.6) is 0 Å². The van der Waals surface area contributed by atoms with E-state index in [-0.39, 0.29) is 0 Å². The highest BCUT2D eigenvalue weighted by atomic mass is 79.9. The Morgan fingerprint density at radius 2 is 2.40 bits per heavy atom. The Kier molecular flexibility index (Phi) is 3.76. The highest BCUT2D eigenvalue weighted by Gasteiger charge is 2.17. The van der Waals surface area contributed by atoms with Gasteiger partial charge in [-0.25, -0.2) is 0 Å². The summed E-state index contributed by atoms with van der Waals surface area (Å²) in [6.45, 7) is 5.39. The topological polar surface area (TPSA) is 16.1 Å². The van der Waals surface area contributed by atoms with Crippen LogP contribution in [-0.2, 0) is 6.54 Å². The molecule has 82 valence electrons. The van der Waals surface area contributed by atoms with E-state index in [0.717, 1.165) is 18.8 Å². The number of rotatable bonds is 2. The molecule has 1 aromatic heterocycles. The van der Waals surface area contributed by atoms with Crippen molar-refractivity contribution in [2.75, 3.05) is 13.1 Å². The lowest BCUT2D eigenvalue weighted by atomic mass is 10.1. The van der Waals surface area contributed by atoms with E-state index in [4.69, 9.17) is 0 Å². The minimum atomic E-state index is 0.663. The minimum Gasteiger partial charge on any atom is -0.296 e. The third-order valence-electron chi connectivity index (χ3n) is 2.78. The van der Waals surface area contributed by atoms with Gasteiger partial charge in [-0.05, 0) is 38.4 Å². The van der Waals surface area contributed by atoms with Gasteiger partial charge in [0.15, 0.2) is 0 Å². The number of piperidine rings is 1. The fourth-order valence-electron chi connectivity index (χ4n) is 2.06. The Hall–Kier alpha value is -0.410. The first-order valence-corrected chi connectivity index (χ1v) is 6.44. The summed E-state index contributed by atoms with van der Waals surface area (Å²) in [5.41, 5.74) is 2.30. The molecule has 0 radical (unpaired) electrons. The molecule has 1 saturated heterocycles. The molecule has 0 N–H and O–H groups in total. The Morgan fingerprint density at radius 3 is 3.13 bits per heavy atom. The summed E-state index contributed by atoms with van der Waals surface area (Å²) in [7, 11) is 0. The molecule has 0 bridgehead atoms. The molecule has 1 unspecified atom stereocenters. The first-order chi connectivity index (χ1) is 7.24. The average Bonchev–Trinajstić information content (AvgIpc) is 2.17. The maximum Gasteiger partial charge on any atom is 0.0547 e. The van der Waals surface area contributed by atoms with Gasteiger partial charge in [0.1, 0.15) is 0 Å². The second-order valence-electron chi connectivity index (χ2n) is 4.24. The largest absolute Gasteiger partial charge is 0.296 e. The summed E-state index contributed by atoms with van der Waals surface area (Å²) in [5.74, 6) is 0. The van der Waals surface area contributed by atoms with Crippen LogP contribution in [0.15, 0.2) is 18.2 Å². The molecule has 0 aromatic carbocycles. The molecule has 1 aliphatic heterocycles. The van der Waals surface area contributed by atoms with Gasteiger partial charge in [0.05, 0.1) is 5.69 Å². The van der Waals surface area contributed by atoms with Gasteiger partial charge in [0.25, 0.3) is 0 Å². The molecule has 0 saturated carbocycles. The summed E-state index contributed by atoms with van der Waals surface area (Å²) < 4.78 is 0. The van der Waals surface area contributed by atoms with Gasteiger partial charge in [-0.2, -0.15) is 0 Å². The van der Waals surface area contributed by atoms with Crippen molar-refractivity contribution in [3.63, 3.8) is 0 Å². The van der Waals surface area contributed by atoms with Crippen LogP contribution in [0, 0.1) is 6.92 Å². The van der Waals surface area contributed by atoms with Crippen LogP contribution in [0.3, 0.4) is 0 Å². The fraction of sp³-hybridized carbons (Fsp3) is 0.583. The monoisotopic (exact) mass is 268 g/mol. The van der Waals surface area contributed by atoms with E-state index in [9.17, 15) is 0 Å². The van der Waals surface area contributed by atoms with Gasteiger partial charge in [-0.1, -0.05) is 22.0 Å². The number of aromatic nitrogens is 1. The summed E-state index contributed by atoms with van der Waals surface area (Å²) in [5, 5.41) is 0. The Labute approximate surface area is 99.8 Å². The summed E-state index contributed by atoms with van der Waals surface area (Å²) >= 11 is 3.69. The quantitative estimate of drug-likeness (QED) is 0.767. The highest BCUT2D eigenvalue weighted by Crippen LogP contribution is 2.18. The normalized spacial score (nSPS) is 22.9. The minimum absolute atomic E-state index is 0.663. The number of hydrogen-bond acceptors (Lipinski definition) is 2. The molecule has 2 nitrogen and oxygen atoms in total. The van der Waals surface area contributed by atoms with Crippen LogP contribution in [0.4, 0.5) is 0 Å². The summed E-state index contributed by atoms with van der Waals surface area (Å²) in [4.78, 5) is 7.68. The zero-order chi connectivity index (χ0) is 10.7. The third-order valence-corrected chi connectivity index (χ3v) is 3.53. The lowest BCUT2D eigenvalue weighted by molar-refractivity contribution is 0.225. The molecule has 0 aliphatic carbocycles. The lowest BCUT2D eigenvalue weighted by Gasteiger charge is -2.29. The lowest BCUT2D eigenvalue weighted by Crippen LogP contribution is -2.35. The predicted octanol–water partition coefficient (Wildman–Crippen LogP) is 2.75. The second kappa shape index (κ2) is 5.08. The van der Waals surface area contributed by atoms with Gasteiger partial charge in [0.2, 0.25) is 0 Å². The number of alkyl halides is 1. The van der Waals surface area contributed by atoms with Gasteiger partial charge in [0, 0.05) is 23.6 Å². The molecule has 1 aliphatic rings. The number of pyridine rings is 1. The van der Waals surface area contributed by atoms with E-state index in [0.29, 0.717) is 4.83 Å². The van der Waals surface area contributed by atoms with Crippen LogP contribution >= 0.6 is 15.9 Å². The first kappa shape index (κ1) is 11.1. The maximum atomic E-state index is 4.54. The molecule has 3 heteroatoms. The van der Waals surface area contributed by atoms with Gasteiger partial charge in [-0.15, -0.1) is 0 Å². The van der Waals surface area contributed by atoms with Crippen LogP contribution in [-0.4, -0.2) is 27.8 Å². The van der Waals surface area contributed by atoms with E-state index < -0.39 is 0 Å². The average molecular weight is 269 g/mol. The predicted molar refractivity (Wildman–Crippen MR) is 66.2 cm³/mol. The van der Waals surface area contributed by atoms with Gasteiger partial charge < -0.3 is 0 Å². The van der Waals surface area contributed by atoms with E-state index in [2.05, 4.69) is 37.9 Å². The molecule has 2 rings (SSSR count). The van der Waals surface area contributed by atoms with Crippen LogP contribution in [0.25, 0.3) is 0 Å². The molecular formula is C12H17BrN2. The zero-order valence-electron chi connectivity index (χ0n) is 9.12. The van der Waals surface area contributed by atoms with E-state index in [1.165, 1.54) is 25.1 Å². The molecule has 1 aromatic rings. The van der Waals surface area contributed by atoms with Crippen molar-refractivity contribution < 1.29 is 0 Å². The Bertz CT molecular complexity index is 327. The fourth-order valence-corrected chi connectivity index (χ4v) is 2.79. The van der Waals surface area contributed by atoms with Crippen LogP contribution < -0.4 is 0 Å². The number of hydrogen-bond donors (Lipinski definition) is 0. The molecule has 15 heavy (non-hydrogen) atoms. The van der Waals surface area contributed by atoms with E-state index in [1.807, 2.05) is 13.0 Å². The summed E-state index contributed by atoms with van der Waals surface area (Å²) in [6.07, 6.45) is 2.60. The molecule has 2 heterocycles. The first-order valence-electron chi connectivity index (χ1n) is 5.53. The van der Waals surface area contributed by atoms with Crippen molar-refractivity contribution in [2.24, 2.45) is 0 Å². The van der Waals surface area contributed by atoms with Crippen molar-refractivity contribution in [3.8, 4) is 0 Å². The van der Waals surface area contributed by atoms with Crippen molar-refractivity contribution in [2.45, 2.75) is 31.1 Å². The number of likely N-dealkylation sites (tertiary alicyclic amines) is 1. The van der Waals surface area contributed by atoms with E-state index in [1.54, 1.807) is 0 Å².